The molecule has 0 unspecified atom stereocenters. The summed E-state index contributed by atoms with van der Waals surface area (Å²) >= 11 is 0. The molecule has 154 valence electrons. The molecule has 2 heterocycles. The number of aromatic nitrogens is 2. The molecular formula is C21H19FN4O3S. The number of halogens is 1. The van der Waals surface area contributed by atoms with Crippen molar-refractivity contribution >= 4 is 10.0 Å². The fourth-order valence-electron chi connectivity index (χ4n) is 3.36. The van der Waals surface area contributed by atoms with Gasteiger partial charge in [0.25, 0.3) is 5.89 Å². The summed E-state index contributed by atoms with van der Waals surface area (Å²) in [6, 6.07) is 12.1. The first-order valence-electron chi connectivity index (χ1n) is 9.53. The molecule has 1 aliphatic rings. The molecule has 1 aliphatic heterocycles. The highest BCUT2D eigenvalue weighted by Gasteiger charge is 2.28. The van der Waals surface area contributed by atoms with Crippen LogP contribution >= 0.6 is 0 Å². The van der Waals surface area contributed by atoms with E-state index in [1.165, 1.54) is 28.6 Å². The third kappa shape index (κ3) is 3.84. The fraction of sp³-hybridized carbons (Fsp3) is 0.286. The first-order valence-corrected chi connectivity index (χ1v) is 11.0. The molecule has 3 aromatic rings. The van der Waals surface area contributed by atoms with E-state index in [9.17, 15) is 12.8 Å². The number of hydrogen-bond donors (Lipinski definition) is 0. The van der Waals surface area contributed by atoms with Crippen LogP contribution in [-0.4, -0.2) is 36.0 Å². The quantitative estimate of drug-likeness (QED) is 0.628. The van der Waals surface area contributed by atoms with Gasteiger partial charge in [0.1, 0.15) is 5.82 Å². The molecule has 0 atom stereocenters. The van der Waals surface area contributed by atoms with Crippen LogP contribution in [0.15, 0.2) is 51.9 Å². The Morgan fingerprint density at radius 1 is 1.17 bits per heavy atom. The topological polar surface area (TPSA) is 100 Å². The standard InChI is InChI=1S/C21H19FN4O3S/c1-14-8-10-26(11-9-14)30(27,28)17-5-3-16(4-6-17)20-24-21(29-25-20)18-7-2-15(13-23)12-19(18)22/h2-7,12,14H,8-11H2,1H3. The predicted octanol–water partition coefficient (Wildman–Crippen LogP) is 3.83. The second-order valence-corrected chi connectivity index (χ2v) is 9.28. The molecule has 1 saturated heterocycles. The van der Waals surface area contributed by atoms with Gasteiger partial charge in [0.05, 0.1) is 22.1 Å². The predicted molar refractivity (Wildman–Crippen MR) is 107 cm³/mol. The molecule has 0 saturated carbocycles. The number of piperidine rings is 1. The minimum atomic E-state index is -3.54. The Bertz CT molecular complexity index is 1210. The molecule has 4 rings (SSSR count). The lowest BCUT2D eigenvalue weighted by molar-refractivity contribution is 0.288. The minimum absolute atomic E-state index is 0.0221. The molecule has 0 radical (unpaired) electrons. The normalized spacial score (nSPS) is 15.8. The van der Waals surface area contributed by atoms with Crippen LogP contribution in [-0.2, 0) is 10.0 Å². The maximum Gasteiger partial charge on any atom is 0.261 e. The lowest BCUT2D eigenvalue weighted by Crippen LogP contribution is -2.37. The third-order valence-corrected chi connectivity index (χ3v) is 7.16. The van der Waals surface area contributed by atoms with Gasteiger partial charge in [-0.3, -0.25) is 0 Å². The van der Waals surface area contributed by atoms with Gasteiger partial charge in [0.15, 0.2) is 0 Å². The summed E-state index contributed by atoms with van der Waals surface area (Å²) in [4.78, 5) is 4.41. The largest absolute Gasteiger partial charge is 0.334 e. The van der Waals surface area contributed by atoms with Gasteiger partial charge in [-0.1, -0.05) is 12.1 Å². The molecule has 1 aromatic heterocycles. The van der Waals surface area contributed by atoms with Crippen LogP contribution in [0.2, 0.25) is 0 Å². The lowest BCUT2D eigenvalue weighted by Gasteiger charge is -2.29. The van der Waals surface area contributed by atoms with Crippen LogP contribution in [0.1, 0.15) is 25.3 Å². The third-order valence-electron chi connectivity index (χ3n) is 5.25. The summed E-state index contributed by atoms with van der Waals surface area (Å²) in [6.07, 6.45) is 1.71. The van der Waals surface area contributed by atoms with Crippen LogP contribution in [0.25, 0.3) is 22.8 Å². The Kier molecular flexibility index (Phi) is 5.37. The Morgan fingerprint density at radius 2 is 1.87 bits per heavy atom. The van der Waals surface area contributed by atoms with Crippen molar-refractivity contribution in [2.45, 2.75) is 24.7 Å². The molecular weight excluding hydrogens is 407 g/mol. The first-order chi connectivity index (χ1) is 14.4. The van der Waals surface area contributed by atoms with Gasteiger partial charge in [0.2, 0.25) is 15.8 Å². The van der Waals surface area contributed by atoms with E-state index >= 15 is 0 Å². The summed E-state index contributed by atoms with van der Waals surface area (Å²) in [7, 11) is -3.54. The molecule has 0 spiro atoms. The number of nitriles is 1. The highest BCUT2D eigenvalue weighted by atomic mass is 32.2. The summed E-state index contributed by atoms with van der Waals surface area (Å²) in [6.45, 7) is 3.17. The van der Waals surface area contributed by atoms with Gasteiger partial charge in [-0.25, -0.2) is 12.8 Å². The van der Waals surface area contributed by atoms with E-state index in [4.69, 9.17) is 9.78 Å². The molecule has 0 N–H and O–H groups in total. The molecule has 0 bridgehead atoms. The number of rotatable bonds is 4. The second-order valence-electron chi connectivity index (χ2n) is 7.34. The zero-order valence-corrected chi connectivity index (χ0v) is 17.1. The van der Waals surface area contributed by atoms with Crippen LogP contribution in [0.3, 0.4) is 0 Å². The van der Waals surface area contributed by atoms with Gasteiger partial charge >= 0.3 is 0 Å². The monoisotopic (exact) mass is 426 g/mol. The van der Waals surface area contributed by atoms with Crippen LogP contribution in [0, 0.1) is 23.1 Å². The Morgan fingerprint density at radius 3 is 2.50 bits per heavy atom. The van der Waals surface area contributed by atoms with Crippen molar-refractivity contribution in [3.05, 3.63) is 53.8 Å². The van der Waals surface area contributed by atoms with Crippen molar-refractivity contribution < 1.29 is 17.3 Å². The molecule has 9 heteroatoms. The highest BCUT2D eigenvalue weighted by Crippen LogP contribution is 2.27. The van der Waals surface area contributed by atoms with Gasteiger partial charge in [-0.2, -0.15) is 14.6 Å². The number of nitrogens with zero attached hydrogens (tertiary/aromatic N) is 4. The highest BCUT2D eigenvalue weighted by molar-refractivity contribution is 7.89. The Balaban J connectivity index is 1.56. The number of benzene rings is 2. The Hall–Kier alpha value is -3.09. The van der Waals surface area contributed by atoms with E-state index in [-0.39, 0.29) is 27.7 Å². The molecule has 0 amide bonds. The van der Waals surface area contributed by atoms with Gasteiger partial charge < -0.3 is 4.52 Å². The number of hydrogen-bond acceptors (Lipinski definition) is 6. The molecule has 7 nitrogen and oxygen atoms in total. The van der Waals surface area contributed by atoms with E-state index in [1.54, 1.807) is 12.1 Å². The van der Waals surface area contributed by atoms with Crippen molar-refractivity contribution in [1.82, 2.24) is 14.4 Å². The zero-order valence-electron chi connectivity index (χ0n) is 16.2. The van der Waals surface area contributed by atoms with E-state index < -0.39 is 15.8 Å². The van der Waals surface area contributed by atoms with E-state index in [0.29, 0.717) is 24.6 Å². The fourth-order valence-corrected chi connectivity index (χ4v) is 4.83. The number of sulfonamides is 1. The summed E-state index contributed by atoms with van der Waals surface area (Å²) in [5.74, 6) is 0.0874. The van der Waals surface area contributed by atoms with Gasteiger partial charge in [0, 0.05) is 18.7 Å². The Labute approximate surface area is 173 Å². The molecule has 2 aromatic carbocycles. The summed E-state index contributed by atoms with van der Waals surface area (Å²) < 4.78 is 46.5. The molecule has 0 aliphatic carbocycles. The maximum absolute atomic E-state index is 14.2. The van der Waals surface area contributed by atoms with Crippen molar-refractivity contribution in [2.24, 2.45) is 5.92 Å². The van der Waals surface area contributed by atoms with Gasteiger partial charge in [-0.15, -0.1) is 0 Å². The van der Waals surface area contributed by atoms with Crippen molar-refractivity contribution in [2.75, 3.05) is 13.1 Å². The van der Waals surface area contributed by atoms with Crippen LogP contribution in [0.5, 0.6) is 0 Å². The van der Waals surface area contributed by atoms with Crippen molar-refractivity contribution in [3.8, 4) is 28.9 Å². The van der Waals surface area contributed by atoms with E-state index in [0.717, 1.165) is 18.9 Å². The van der Waals surface area contributed by atoms with Crippen molar-refractivity contribution in [3.63, 3.8) is 0 Å². The maximum atomic E-state index is 14.2. The van der Waals surface area contributed by atoms with Crippen LogP contribution in [0.4, 0.5) is 4.39 Å². The zero-order chi connectivity index (χ0) is 21.3. The van der Waals surface area contributed by atoms with Gasteiger partial charge in [-0.05, 0) is 61.2 Å². The van der Waals surface area contributed by atoms with E-state index in [1.807, 2.05) is 6.07 Å². The SMILES string of the molecule is CC1CCN(S(=O)(=O)c2ccc(-c3noc(-c4ccc(C#N)cc4F)n3)cc2)CC1. The lowest BCUT2D eigenvalue weighted by atomic mass is 10.0. The average Bonchev–Trinajstić information content (AvgIpc) is 3.24. The minimum Gasteiger partial charge on any atom is -0.334 e. The first kappa shape index (κ1) is 20.2. The molecule has 30 heavy (non-hydrogen) atoms. The van der Waals surface area contributed by atoms with Crippen LogP contribution < -0.4 is 0 Å². The summed E-state index contributed by atoms with van der Waals surface area (Å²) in [5.41, 5.74) is 0.826. The second kappa shape index (κ2) is 7.97. The van der Waals surface area contributed by atoms with Crippen molar-refractivity contribution in [1.29, 1.82) is 5.26 Å². The molecule has 1 fully saturated rings. The smallest absolute Gasteiger partial charge is 0.261 e. The summed E-state index contributed by atoms with van der Waals surface area (Å²) in [5, 5.41) is 12.7. The van der Waals surface area contributed by atoms with E-state index in [2.05, 4.69) is 17.1 Å². The average molecular weight is 426 g/mol.